The van der Waals surface area contributed by atoms with E-state index < -0.39 is 0 Å². The minimum Gasteiger partial charge on any atom is -0.506 e. The van der Waals surface area contributed by atoms with Crippen molar-refractivity contribution in [3.8, 4) is 22.6 Å². The van der Waals surface area contributed by atoms with Crippen molar-refractivity contribution in [1.29, 1.82) is 0 Å². The summed E-state index contributed by atoms with van der Waals surface area (Å²) in [7, 11) is 0. The van der Waals surface area contributed by atoms with Gasteiger partial charge in [-0.1, -0.05) is 30.3 Å². The zero-order valence-corrected chi connectivity index (χ0v) is 12.5. The number of fused-ring (bicyclic) bond motifs is 1. The summed E-state index contributed by atoms with van der Waals surface area (Å²) in [4.78, 5) is 15.1. The molecule has 1 heterocycles. The number of benzene rings is 2. The van der Waals surface area contributed by atoms with Crippen LogP contribution in [0, 0.1) is 0 Å². The molecule has 0 saturated heterocycles. The fraction of sp³-hybridized carbons (Fsp3) is 0.167. The molecule has 0 aliphatic carbocycles. The molecule has 0 aliphatic heterocycles. The number of aliphatic hydroxyl groups excluding tert-OH is 1. The average molecular weight is 311 g/mol. The smallest absolute Gasteiger partial charge is 0.260 e. The van der Waals surface area contributed by atoms with Crippen molar-refractivity contribution in [3.05, 3.63) is 58.9 Å². The molecule has 1 aromatic heterocycles. The van der Waals surface area contributed by atoms with Crippen LogP contribution in [0.3, 0.4) is 0 Å². The molecule has 2 aromatic carbocycles. The van der Waals surface area contributed by atoms with Gasteiger partial charge in [0.25, 0.3) is 5.56 Å². The number of aromatic hydroxyl groups is 1. The van der Waals surface area contributed by atoms with Crippen LogP contribution < -0.4 is 10.3 Å². The van der Waals surface area contributed by atoms with Crippen LogP contribution in [0.5, 0.6) is 11.5 Å². The number of pyridine rings is 1. The number of aromatic nitrogens is 1. The van der Waals surface area contributed by atoms with E-state index in [4.69, 9.17) is 9.84 Å². The molecule has 0 aliphatic rings. The Morgan fingerprint density at radius 1 is 1.09 bits per heavy atom. The van der Waals surface area contributed by atoms with Crippen molar-refractivity contribution in [2.75, 3.05) is 13.2 Å². The molecule has 118 valence electrons. The SMILES string of the molecule is O=c1[nH]c2cc(OCCCO)ccc2c(O)c1-c1ccccc1. The molecule has 3 aromatic rings. The maximum atomic E-state index is 12.3. The Morgan fingerprint density at radius 2 is 1.87 bits per heavy atom. The Balaban J connectivity index is 2.06. The summed E-state index contributed by atoms with van der Waals surface area (Å²) in [6.07, 6.45) is 0.534. The first-order valence-corrected chi connectivity index (χ1v) is 7.39. The summed E-state index contributed by atoms with van der Waals surface area (Å²) in [5, 5.41) is 19.8. The van der Waals surface area contributed by atoms with Gasteiger partial charge in [-0.05, 0) is 17.7 Å². The highest BCUT2D eigenvalue weighted by molar-refractivity contribution is 5.92. The van der Waals surface area contributed by atoms with Crippen molar-refractivity contribution in [2.24, 2.45) is 0 Å². The first kappa shape index (κ1) is 15.1. The molecule has 0 radical (unpaired) electrons. The number of H-pyrrole nitrogens is 1. The van der Waals surface area contributed by atoms with Crippen molar-refractivity contribution < 1.29 is 14.9 Å². The number of aliphatic hydroxyl groups is 1. The number of ether oxygens (including phenoxy) is 1. The monoisotopic (exact) mass is 311 g/mol. The van der Waals surface area contributed by atoms with E-state index in [1.807, 2.05) is 18.2 Å². The van der Waals surface area contributed by atoms with Gasteiger partial charge < -0.3 is 19.9 Å². The van der Waals surface area contributed by atoms with Gasteiger partial charge in [-0.2, -0.15) is 0 Å². The van der Waals surface area contributed by atoms with Gasteiger partial charge in [0.1, 0.15) is 11.5 Å². The van der Waals surface area contributed by atoms with Crippen LogP contribution in [0.25, 0.3) is 22.0 Å². The molecule has 3 N–H and O–H groups in total. The van der Waals surface area contributed by atoms with Crippen LogP contribution in [0.15, 0.2) is 53.3 Å². The van der Waals surface area contributed by atoms with Crippen molar-refractivity contribution >= 4 is 10.9 Å². The summed E-state index contributed by atoms with van der Waals surface area (Å²) in [6.45, 7) is 0.450. The van der Waals surface area contributed by atoms with Crippen molar-refractivity contribution in [3.63, 3.8) is 0 Å². The average Bonchev–Trinajstić information content (AvgIpc) is 2.56. The molecule has 0 fully saturated rings. The van der Waals surface area contributed by atoms with Gasteiger partial charge in [0.15, 0.2) is 0 Å². The second-order valence-electron chi connectivity index (χ2n) is 5.18. The maximum absolute atomic E-state index is 12.3. The number of nitrogens with one attached hydrogen (secondary N) is 1. The fourth-order valence-corrected chi connectivity index (χ4v) is 2.48. The zero-order chi connectivity index (χ0) is 16.2. The lowest BCUT2D eigenvalue weighted by molar-refractivity contribution is 0.233. The Morgan fingerprint density at radius 3 is 2.61 bits per heavy atom. The Hall–Kier alpha value is -2.79. The third-order valence-electron chi connectivity index (χ3n) is 3.59. The van der Waals surface area contributed by atoms with Gasteiger partial charge in [-0.15, -0.1) is 0 Å². The predicted molar refractivity (Wildman–Crippen MR) is 88.9 cm³/mol. The van der Waals surface area contributed by atoms with Crippen LogP contribution in [0.2, 0.25) is 0 Å². The van der Waals surface area contributed by atoms with Gasteiger partial charge in [0.05, 0.1) is 17.7 Å². The summed E-state index contributed by atoms with van der Waals surface area (Å²) in [6, 6.07) is 14.2. The van der Waals surface area contributed by atoms with E-state index in [1.54, 1.807) is 30.3 Å². The van der Waals surface area contributed by atoms with E-state index in [9.17, 15) is 9.90 Å². The highest BCUT2D eigenvalue weighted by Crippen LogP contribution is 2.33. The molecule has 0 amide bonds. The molecule has 23 heavy (non-hydrogen) atoms. The first-order chi connectivity index (χ1) is 11.2. The van der Waals surface area contributed by atoms with Crippen LogP contribution in [-0.2, 0) is 0 Å². The molecule has 5 nitrogen and oxygen atoms in total. The van der Waals surface area contributed by atoms with E-state index >= 15 is 0 Å². The summed E-state index contributed by atoms with van der Waals surface area (Å²) >= 11 is 0. The van der Waals surface area contributed by atoms with Gasteiger partial charge >= 0.3 is 0 Å². The molecule has 0 saturated carbocycles. The highest BCUT2D eigenvalue weighted by atomic mass is 16.5. The third-order valence-corrected chi connectivity index (χ3v) is 3.59. The van der Waals surface area contributed by atoms with Crippen LogP contribution >= 0.6 is 0 Å². The second-order valence-corrected chi connectivity index (χ2v) is 5.18. The predicted octanol–water partition coefficient (Wildman–Crippen LogP) is 2.66. The number of aromatic amines is 1. The molecule has 5 heteroatoms. The number of hydrogen-bond acceptors (Lipinski definition) is 4. The number of rotatable bonds is 5. The summed E-state index contributed by atoms with van der Waals surface area (Å²) < 4.78 is 5.49. The minimum atomic E-state index is -0.353. The fourth-order valence-electron chi connectivity index (χ4n) is 2.48. The van der Waals surface area contributed by atoms with Gasteiger partial charge in [0, 0.05) is 24.5 Å². The Labute approximate surface area is 132 Å². The molecule has 3 rings (SSSR count). The quantitative estimate of drug-likeness (QED) is 0.633. The molecule has 0 atom stereocenters. The standard InChI is InChI=1S/C18H17NO4/c20-9-4-10-23-13-7-8-14-15(11-13)19-18(22)16(17(14)21)12-5-2-1-3-6-12/h1-3,5-8,11,20H,4,9-10H2,(H2,19,21,22). The Kier molecular flexibility index (Phi) is 4.30. The van der Waals surface area contributed by atoms with Gasteiger partial charge in [-0.25, -0.2) is 0 Å². The minimum absolute atomic E-state index is 0.0446. The lowest BCUT2D eigenvalue weighted by Crippen LogP contribution is -2.09. The normalized spacial score (nSPS) is 10.8. The maximum Gasteiger partial charge on any atom is 0.260 e. The largest absolute Gasteiger partial charge is 0.506 e. The van der Waals surface area contributed by atoms with E-state index in [2.05, 4.69) is 4.98 Å². The lowest BCUT2D eigenvalue weighted by atomic mass is 10.0. The van der Waals surface area contributed by atoms with Crippen molar-refractivity contribution in [2.45, 2.75) is 6.42 Å². The number of hydrogen-bond donors (Lipinski definition) is 3. The van der Waals surface area contributed by atoms with E-state index in [0.29, 0.717) is 35.2 Å². The summed E-state index contributed by atoms with van der Waals surface area (Å²) in [5.74, 6) is 0.533. The van der Waals surface area contributed by atoms with Gasteiger partial charge in [-0.3, -0.25) is 4.79 Å². The van der Waals surface area contributed by atoms with Gasteiger partial charge in [0.2, 0.25) is 0 Å². The van der Waals surface area contributed by atoms with Crippen LogP contribution in [-0.4, -0.2) is 28.4 Å². The summed E-state index contributed by atoms with van der Waals surface area (Å²) in [5.41, 5.74) is 1.07. The highest BCUT2D eigenvalue weighted by Gasteiger charge is 2.14. The molecule has 0 bridgehead atoms. The first-order valence-electron chi connectivity index (χ1n) is 7.39. The Bertz CT molecular complexity index is 871. The van der Waals surface area contributed by atoms with Crippen LogP contribution in [0.4, 0.5) is 0 Å². The second kappa shape index (κ2) is 6.54. The molecule has 0 spiro atoms. The zero-order valence-electron chi connectivity index (χ0n) is 12.5. The van der Waals surface area contributed by atoms with Crippen LogP contribution in [0.1, 0.15) is 6.42 Å². The third kappa shape index (κ3) is 3.05. The van der Waals surface area contributed by atoms with E-state index in [1.165, 1.54) is 0 Å². The molecular formula is C18H17NO4. The molecule has 0 unspecified atom stereocenters. The lowest BCUT2D eigenvalue weighted by Gasteiger charge is -2.10. The van der Waals surface area contributed by atoms with E-state index in [-0.39, 0.29) is 23.5 Å². The van der Waals surface area contributed by atoms with E-state index in [0.717, 1.165) is 0 Å². The molecular weight excluding hydrogens is 294 g/mol. The topological polar surface area (TPSA) is 82.6 Å². The van der Waals surface area contributed by atoms with Crippen molar-refractivity contribution in [1.82, 2.24) is 4.98 Å².